The van der Waals surface area contributed by atoms with Crippen molar-refractivity contribution in [3.8, 4) is 44.8 Å². The van der Waals surface area contributed by atoms with Crippen molar-refractivity contribution >= 4 is 76.3 Å². The number of hydrogen-bond acceptors (Lipinski definition) is 1. The van der Waals surface area contributed by atoms with Crippen LogP contribution in [-0.4, -0.2) is 9.13 Å². The lowest BCUT2D eigenvalue weighted by Gasteiger charge is -2.12. The maximum Gasteiger partial charge on any atom is 0.136 e. The maximum absolute atomic E-state index is 6.49. The number of furan rings is 1. The number of fused-ring (bicyclic) bond motifs is 14. The van der Waals surface area contributed by atoms with E-state index >= 15 is 0 Å². The topological polar surface area (TPSA) is 23.0 Å². The molecule has 55 heavy (non-hydrogen) atoms. The minimum atomic E-state index is 0.905. The van der Waals surface area contributed by atoms with Gasteiger partial charge in [0.05, 0.1) is 22.1 Å². The minimum Gasteiger partial charge on any atom is -0.456 e. The third kappa shape index (κ3) is 3.84. The molecule has 12 aromatic rings. The van der Waals surface area contributed by atoms with Gasteiger partial charge in [-0.2, -0.15) is 0 Å². The van der Waals surface area contributed by atoms with Crippen molar-refractivity contribution in [2.45, 2.75) is 0 Å². The van der Waals surface area contributed by atoms with E-state index in [4.69, 9.17) is 4.42 Å². The van der Waals surface area contributed by atoms with Gasteiger partial charge < -0.3 is 13.6 Å². The standard InChI is InChI=1S/C52H30N2O/c1-2-11-31(12-3-1)33-15-8-16-34(29-33)54-44-27-28-47-51(40-18-5-7-22-46(40)55-47)49(44)41-25-26-45-50(52(41)54)39-17-4-6-21-43(39)53(45)35-23-24-36-37-19-9-13-32-14-10-20-38(48(32)37)42(36)30-35/h1-30H. The Hall–Kier alpha value is -7.36. The van der Waals surface area contributed by atoms with E-state index in [1.165, 1.54) is 82.2 Å². The van der Waals surface area contributed by atoms with Crippen molar-refractivity contribution in [2.24, 2.45) is 0 Å². The van der Waals surface area contributed by atoms with Gasteiger partial charge in [-0.3, -0.25) is 0 Å². The molecule has 3 heteroatoms. The van der Waals surface area contributed by atoms with Gasteiger partial charge in [0, 0.05) is 43.7 Å². The molecule has 3 heterocycles. The van der Waals surface area contributed by atoms with Crippen molar-refractivity contribution < 1.29 is 4.42 Å². The molecule has 254 valence electrons. The van der Waals surface area contributed by atoms with Crippen LogP contribution in [0.3, 0.4) is 0 Å². The molecule has 0 fully saturated rings. The summed E-state index contributed by atoms with van der Waals surface area (Å²) >= 11 is 0. The zero-order chi connectivity index (χ0) is 35.8. The number of nitrogens with zero attached hydrogens (tertiary/aromatic N) is 2. The van der Waals surface area contributed by atoms with Crippen LogP contribution >= 0.6 is 0 Å². The number of para-hydroxylation sites is 2. The first-order chi connectivity index (χ1) is 27.3. The van der Waals surface area contributed by atoms with Gasteiger partial charge in [-0.1, -0.05) is 127 Å². The zero-order valence-corrected chi connectivity index (χ0v) is 29.6. The molecule has 0 saturated heterocycles. The fourth-order valence-electron chi connectivity index (χ4n) is 9.78. The van der Waals surface area contributed by atoms with Crippen LogP contribution in [0.2, 0.25) is 0 Å². The Labute approximate surface area is 315 Å². The molecule has 0 atom stereocenters. The van der Waals surface area contributed by atoms with Crippen molar-refractivity contribution in [2.75, 3.05) is 0 Å². The molecule has 0 unspecified atom stereocenters. The molecule has 13 rings (SSSR count). The van der Waals surface area contributed by atoms with Crippen LogP contribution in [0.5, 0.6) is 0 Å². The highest BCUT2D eigenvalue weighted by atomic mass is 16.3. The molecule has 0 bridgehead atoms. The summed E-state index contributed by atoms with van der Waals surface area (Å²) in [5.74, 6) is 0. The summed E-state index contributed by atoms with van der Waals surface area (Å²) in [4.78, 5) is 0. The quantitative estimate of drug-likeness (QED) is 0.180. The van der Waals surface area contributed by atoms with Crippen LogP contribution < -0.4 is 0 Å². The predicted molar refractivity (Wildman–Crippen MR) is 230 cm³/mol. The number of rotatable bonds is 3. The van der Waals surface area contributed by atoms with Crippen molar-refractivity contribution in [3.05, 3.63) is 182 Å². The lowest BCUT2D eigenvalue weighted by molar-refractivity contribution is 0.669. The lowest BCUT2D eigenvalue weighted by atomic mass is 10.0. The Morgan fingerprint density at radius 3 is 1.93 bits per heavy atom. The van der Waals surface area contributed by atoms with Gasteiger partial charge in [-0.15, -0.1) is 0 Å². The second-order valence-electron chi connectivity index (χ2n) is 14.8. The predicted octanol–water partition coefficient (Wildman–Crippen LogP) is 14.2. The number of hydrogen-bond donors (Lipinski definition) is 0. The first kappa shape index (κ1) is 29.1. The molecule has 0 spiro atoms. The molecule has 3 nitrogen and oxygen atoms in total. The van der Waals surface area contributed by atoms with Crippen molar-refractivity contribution in [3.63, 3.8) is 0 Å². The van der Waals surface area contributed by atoms with E-state index in [0.717, 1.165) is 38.8 Å². The zero-order valence-electron chi connectivity index (χ0n) is 29.6. The van der Waals surface area contributed by atoms with Crippen LogP contribution in [-0.2, 0) is 0 Å². The minimum absolute atomic E-state index is 0.905. The molecule has 3 aromatic heterocycles. The Kier molecular flexibility index (Phi) is 5.63. The number of benzene rings is 9. The van der Waals surface area contributed by atoms with Crippen molar-refractivity contribution in [1.29, 1.82) is 0 Å². The smallest absolute Gasteiger partial charge is 0.136 e. The van der Waals surface area contributed by atoms with Gasteiger partial charge in [0.2, 0.25) is 0 Å². The van der Waals surface area contributed by atoms with E-state index in [2.05, 4.69) is 191 Å². The van der Waals surface area contributed by atoms with Crippen LogP contribution in [0.1, 0.15) is 0 Å². The normalized spacial score (nSPS) is 12.4. The highest BCUT2D eigenvalue weighted by Crippen LogP contribution is 2.50. The van der Waals surface area contributed by atoms with Crippen LogP contribution in [0.15, 0.2) is 186 Å². The van der Waals surface area contributed by atoms with Gasteiger partial charge in [0.25, 0.3) is 0 Å². The first-order valence-electron chi connectivity index (χ1n) is 18.9. The molecule has 0 saturated carbocycles. The van der Waals surface area contributed by atoms with Crippen LogP contribution in [0.25, 0.3) is 121 Å². The summed E-state index contributed by atoms with van der Waals surface area (Å²) in [5.41, 5.74) is 16.4. The summed E-state index contributed by atoms with van der Waals surface area (Å²) in [6.45, 7) is 0. The molecular weight excluding hydrogens is 669 g/mol. The third-order valence-electron chi connectivity index (χ3n) is 12.0. The average Bonchev–Trinajstić information content (AvgIpc) is 3.98. The van der Waals surface area contributed by atoms with E-state index in [1.54, 1.807) is 0 Å². The SMILES string of the molecule is c1ccc(-c2cccc(-n3c4ccc5oc6ccccc6c5c4c4ccc5c(c6ccccc6n5-c5ccc6c(c5)-c5cccc7cccc-6c57)c43)c2)cc1. The molecular formula is C52H30N2O. The Balaban J connectivity index is 1.17. The van der Waals surface area contributed by atoms with Crippen LogP contribution in [0, 0.1) is 0 Å². The summed E-state index contributed by atoms with van der Waals surface area (Å²) in [5, 5.41) is 9.82. The van der Waals surface area contributed by atoms with Gasteiger partial charge >= 0.3 is 0 Å². The van der Waals surface area contributed by atoms with E-state index in [9.17, 15) is 0 Å². The maximum atomic E-state index is 6.49. The summed E-state index contributed by atoms with van der Waals surface area (Å²) < 4.78 is 11.5. The van der Waals surface area contributed by atoms with Crippen LogP contribution in [0.4, 0.5) is 0 Å². The van der Waals surface area contributed by atoms with E-state index in [1.807, 2.05) is 0 Å². The Morgan fingerprint density at radius 2 is 1.04 bits per heavy atom. The molecule has 0 aliphatic heterocycles. The second kappa shape index (κ2) is 10.6. The van der Waals surface area contributed by atoms with Gasteiger partial charge in [0.15, 0.2) is 0 Å². The summed E-state index contributed by atoms with van der Waals surface area (Å²) in [6, 6.07) is 66.5. The molecule has 1 aliphatic rings. The largest absolute Gasteiger partial charge is 0.456 e. The highest BCUT2D eigenvalue weighted by molar-refractivity contribution is 6.33. The van der Waals surface area contributed by atoms with Crippen molar-refractivity contribution in [1.82, 2.24) is 9.13 Å². The van der Waals surface area contributed by atoms with E-state index < -0.39 is 0 Å². The lowest BCUT2D eigenvalue weighted by Crippen LogP contribution is -1.96. The molecule has 0 amide bonds. The third-order valence-corrected chi connectivity index (χ3v) is 12.0. The molecule has 9 aromatic carbocycles. The number of aromatic nitrogens is 2. The average molecular weight is 699 g/mol. The van der Waals surface area contributed by atoms with E-state index in [-0.39, 0.29) is 0 Å². The molecule has 1 aliphatic carbocycles. The Bertz CT molecular complexity index is 3590. The summed E-state index contributed by atoms with van der Waals surface area (Å²) in [6.07, 6.45) is 0. The van der Waals surface area contributed by atoms with Gasteiger partial charge in [0.1, 0.15) is 11.2 Å². The van der Waals surface area contributed by atoms with Gasteiger partial charge in [-0.05, 0) is 98.8 Å². The fourth-order valence-corrected chi connectivity index (χ4v) is 9.78. The first-order valence-corrected chi connectivity index (χ1v) is 18.9. The van der Waals surface area contributed by atoms with E-state index in [0.29, 0.717) is 0 Å². The Morgan fingerprint density at radius 1 is 0.327 bits per heavy atom. The highest BCUT2D eigenvalue weighted by Gasteiger charge is 2.26. The summed E-state index contributed by atoms with van der Waals surface area (Å²) in [7, 11) is 0. The van der Waals surface area contributed by atoms with Gasteiger partial charge in [-0.25, -0.2) is 0 Å². The second-order valence-corrected chi connectivity index (χ2v) is 14.8. The molecule has 0 radical (unpaired) electrons. The molecule has 0 N–H and O–H groups in total. The fraction of sp³-hybridized carbons (Fsp3) is 0. The monoisotopic (exact) mass is 698 g/mol.